The summed E-state index contributed by atoms with van der Waals surface area (Å²) in [6.45, 7) is 0.932. The predicted octanol–water partition coefficient (Wildman–Crippen LogP) is 2.27. The lowest BCUT2D eigenvalue weighted by Gasteiger charge is -2.09. The van der Waals surface area contributed by atoms with Crippen molar-refractivity contribution in [3.63, 3.8) is 0 Å². The van der Waals surface area contributed by atoms with Gasteiger partial charge in [0, 0.05) is 18.3 Å². The minimum Gasteiger partial charge on any atom is -0.389 e. The Hall–Kier alpha value is -0.810. The number of thiocarbonyl (C=S) groups is 1. The molecule has 3 N–H and O–H groups in total. The summed E-state index contributed by atoms with van der Waals surface area (Å²) < 4.78 is 0. The molecule has 88 valence electrons. The molecule has 0 spiro atoms. The SMILES string of the molecule is CSCCCCNc1cnccc1C(N)=S. The van der Waals surface area contributed by atoms with Crippen LogP contribution in [0.4, 0.5) is 5.69 Å². The van der Waals surface area contributed by atoms with E-state index in [4.69, 9.17) is 18.0 Å². The fourth-order valence-corrected chi connectivity index (χ4v) is 2.02. The van der Waals surface area contributed by atoms with Gasteiger partial charge in [-0.15, -0.1) is 0 Å². The van der Waals surface area contributed by atoms with Gasteiger partial charge in [0.2, 0.25) is 0 Å². The highest BCUT2D eigenvalue weighted by Crippen LogP contribution is 2.13. The summed E-state index contributed by atoms with van der Waals surface area (Å²) in [7, 11) is 0. The van der Waals surface area contributed by atoms with Crippen LogP contribution in [0.25, 0.3) is 0 Å². The highest BCUT2D eigenvalue weighted by Gasteiger charge is 2.03. The third kappa shape index (κ3) is 4.37. The second kappa shape index (κ2) is 7.46. The van der Waals surface area contributed by atoms with Crippen molar-refractivity contribution >= 4 is 34.7 Å². The van der Waals surface area contributed by atoms with E-state index in [9.17, 15) is 0 Å². The maximum absolute atomic E-state index is 5.63. The third-order valence-corrected chi connectivity index (χ3v) is 3.09. The van der Waals surface area contributed by atoms with Gasteiger partial charge in [0.15, 0.2) is 0 Å². The Balaban J connectivity index is 2.44. The van der Waals surface area contributed by atoms with Gasteiger partial charge in [-0.05, 0) is 30.9 Å². The summed E-state index contributed by atoms with van der Waals surface area (Å²) in [4.78, 5) is 4.47. The molecule has 5 heteroatoms. The standard InChI is InChI=1S/C11H17N3S2/c1-16-7-3-2-5-14-10-8-13-6-4-9(10)11(12)15/h4,6,8,14H,2-3,5,7H2,1H3,(H2,12,15). The van der Waals surface area contributed by atoms with Crippen molar-refractivity contribution < 1.29 is 0 Å². The summed E-state index contributed by atoms with van der Waals surface area (Å²) in [5, 5.41) is 3.31. The highest BCUT2D eigenvalue weighted by molar-refractivity contribution is 7.98. The molecule has 0 aliphatic carbocycles. The molecule has 1 heterocycles. The van der Waals surface area contributed by atoms with Crippen molar-refractivity contribution in [2.75, 3.05) is 23.9 Å². The van der Waals surface area contributed by atoms with E-state index in [1.54, 1.807) is 12.4 Å². The van der Waals surface area contributed by atoms with Crippen molar-refractivity contribution in [2.24, 2.45) is 5.73 Å². The smallest absolute Gasteiger partial charge is 0.106 e. The third-order valence-electron chi connectivity index (χ3n) is 2.18. The lowest BCUT2D eigenvalue weighted by molar-refractivity contribution is 0.842. The minimum atomic E-state index is 0.411. The lowest BCUT2D eigenvalue weighted by Crippen LogP contribution is -2.14. The molecule has 1 rings (SSSR count). The molecule has 0 saturated carbocycles. The lowest BCUT2D eigenvalue weighted by atomic mass is 10.2. The molecule has 0 radical (unpaired) electrons. The van der Waals surface area contributed by atoms with Crippen LogP contribution in [0, 0.1) is 0 Å². The fraction of sp³-hybridized carbons (Fsp3) is 0.455. The summed E-state index contributed by atoms with van der Waals surface area (Å²) in [6.07, 6.45) is 7.96. The van der Waals surface area contributed by atoms with Gasteiger partial charge in [-0.2, -0.15) is 11.8 Å². The number of anilines is 1. The first-order chi connectivity index (χ1) is 7.75. The van der Waals surface area contributed by atoms with E-state index >= 15 is 0 Å². The van der Waals surface area contributed by atoms with E-state index in [1.807, 2.05) is 17.8 Å². The molecular weight excluding hydrogens is 238 g/mol. The van der Waals surface area contributed by atoms with Crippen LogP contribution < -0.4 is 11.1 Å². The Morgan fingerprint density at radius 1 is 1.56 bits per heavy atom. The number of rotatable bonds is 7. The second-order valence-electron chi connectivity index (χ2n) is 3.41. The fourth-order valence-electron chi connectivity index (χ4n) is 1.34. The van der Waals surface area contributed by atoms with Crippen LogP contribution in [-0.2, 0) is 0 Å². The van der Waals surface area contributed by atoms with E-state index in [-0.39, 0.29) is 0 Å². The molecule has 16 heavy (non-hydrogen) atoms. The number of hydrogen-bond donors (Lipinski definition) is 2. The monoisotopic (exact) mass is 255 g/mol. The zero-order valence-electron chi connectivity index (χ0n) is 9.40. The molecule has 0 aromatic carbocycles. The second-order valence-corrected chi connectivity index (χ2v) is 4.84. The predicted molar refractivity (Wildman–Crippen MR) is 76.2 cm³/mol. The van der Waals surface area contributed by atoms with Gasteiger partial charge in [-0.1, -0.05) is 12.2 Å². The Morgan fingerprint density at radius 3 is 3.06 bits per heavy atom. The van der Waals surface area contributed by atoms with Gasteiger partial charge in [0.05, 0.1) is 11.9 Å². The van der Waals surface area contributed by atoms with Crippen LogP contribution in [0.2, 0.25) is 0 Å². The Labute approximate surface area is 106 Å². The topological polar surface area (TPSA) is 50.9 Å². The van der Waals surface area contributed by atoms with Crippen molar-refractivity contribution in [3.05, 3.63) is 24.0 Å². The molecular formula is C11H17N3S2. The zero-order valence-corrected chi connectivity index (χ0v) is 11.0. The van der Waals surface area contributed by atoms with Gasteiger partial charge in [-0.25, -0.2) is 0 Å². The van der Waals surface area contributed by atoms with Gasteiger partial charge in [-0.3, -0.25) is 4.98 Å². The van der Waals surface area contributed by atoms with Gasteiger partial charge in [0.25, 0.3) is 0 Å². The Bertz CT molecular complexity index is 342. The molecule has 0 bridgehead atoms. The number of aromatic nitrogens is 1. The van der Waals surface area contributed by atoms with Crippen LogP contribution in [0.15, 0.2) is 18.5 Å². The van der Waals surface area contributed by atoms with Crippen LogP contribution in [0.5, 0.6) is 0 Å². The Morgan fingerprint density at radius 2 is 2.38 bits per heavy atom. The maximum Gasteiger partial charge on any atom is 0.106 e. The maximum atomic E-state index is 5.63. The number of thioether (sulfide) groups is 1. The summed E-state index contributed by atoms with van der Waals surface area (Å²) in [5.74, 6) is 1.21. The van der Waals surface area contributed by atoms with Crippen LogP contribution in [-0.4, -0.2) is 28.5 Å². The minimum absolute atomic E-state index is 0.411. The number of nitrogens with two attached hydrogens (primary N) is 1. The number of nitrogens with zero attached hydrogens (tertiary/aromatic N) is 1. The molecule has 0 aliphatic rings. The number of pyridine rings is 1. The molecule has 1 aromatic heterocycles. The van der Waals surface area contributed by atoms with Crippen LogP contribution in [0.3, 0.4) is 0 Å². The summed E-state index contributed by atoms with van der Waals surface area (Å²) in [6, 6.07) is 1.84. The molecule has 0 fully saturated rings. The average molecular weight is 255 g/mol. The van der Waals surface area contributed by atoms with E-state index in [0.717, 1.165) is 24.2 Å². The molecule has 0 saturated heterocycles. The number of nitrogens with one attached hydrogen (secondary N) is 1. The normalized spacial score (nSPS) is 10.1. The van der Waals surface area contributed by atoms with E-state index in [2.05, 4.69) is 16.6 Å². The molecule has 3 nitrogen and oxygen atoms in total. The highest BCUT2D eigenvalue weighted by atomic mass is 32.2. The molecule has 0 amide bonds. The molecule has 0 unspecified atom stereocenters. The van der Waals surface area contributed by atoms with Gasteiger partial charge >= 0.3 is 0 Å². The average Bonchev–Trinajstić information content (AvgIpc) is 2.29. The quantitative estimate of drug-likeness (QED) is 0.578. The largest absolute Gasteiger partial charge is 0.389 e. The van der Waals surface area contributed by atoms with Crippen molar-refractivity contribution in [2.45, 2.75) is 12.8 Å². The van der Waals surface area contributed by atoms with Crippen molar-refractivity contribution in [1.29, 1.82) is 0 Å². The number of hydrogen-bond acceptors (Lipinski definition) is 4. The van der Waals surface area contributed by atoms with Crippen LogP contribution in [0.1, 0.15) is 18.4 Å². The first kappa shape index (κ1) is 13.3. The van der Waals surface area contributed by atoms with E-state index in [0.29, 0.717) is 4.99 Å². The van der Waals surface area contributed by atoms with Crippen molar-refractivity contribution in [1.82, 2.24) is 4.98 Å². The van der Waals surface area contributed by atoms with Gasteiger partial charge < -0.3 is 11.1 Å². The first-order valence-corrected chi connectivity index (χ1v) is 7.02. The zero-order chi connectivity index (χ0) is 11.8. The first-order valence-electron chi connectivity index (χ1n) is 5.22. The number of unbranched alkanes of at least 4 members (excludes halogenated alkanes) is 1. The van der Waals surface area contributed by atoms with E-state index in [1.165, 1.54) is 12.2 Å². The molecule has 0 aliphatic heterocycles. The summed E-state index contributed by atoms with van der Waals surface area (Å²) in [5.41, 5.74) is 7.43. The van der Waals surface area contributed by atoms with Crippen molar-refractivity contribution in [3.8, 4) is 0 Å². The van der Waals surface area contributed by atoms with Crippen LogP contribution >= 0.6 is 24.0 Å². The summed E-state index contributed by atoms with van der Waals surface area (Å²) >= 11 is 6.85. The van der Waals surface area contributed by atoms with E-state index < -0.39 is 0 Å². The molecule has 0 atom stereocenters. The Kier molecular flexibility index (Phi) is 6.18. The van der Waals surface area contributed by atoms with Gasteiger partial charge in [0.1, 0.15) is 4.99 Å². The molecule has 1 aromatic rings.